The summed E-state index contributed by atoms with van der Waals surface area (Å²) in [6, 6.07) is 8.25. The molecule has 2 aliphatic heterocycles. The highest BCUT2D eigenvalue weighted by molar-refractivity contribution is 6.31. The van der Waals surface area contributed by atoms with Gasteiger partial charge in [0.25, 0.3) is 0 Å². The van der Waals surface area contributed by atoms with Crippen molar-refractivity contribution in [3.05, 3.63) is 40.5 Å². The van der Waals surface area contributed by atoms with E-state index in [9.17, 15) is 0 Å². The van der Waals surface area contributed by atoms with Crippen LogP contribution in [0.3, 0.4) is 0 Å². The van der Waals surface area contributed by atoms with Gasteiger partial charge in [-0.3, -0.25) is 0 Å². The molecule has 2 fully saturated rings. The highest BCUT2D eigenvalue weighted by atomic mass is 35.5. The molecule has 1 aromatic carbocycles. The van der Waals surface area contributed by atoms with Crippen LogP contribution in [0, 0.1) is 6.92 Å². The van der Waals surface area contributed by atoms with Crippen LogP contribution in [0.2, 0.25) is 5.02 Å². The van der Waals surface area contributed by atoms with E-state index >= 15 is 0 Å². The van der Waals surface area contributed by atoms with E-state index in [-0.39, 0.29) is 24.2 Å². The highest BCUT2D eigenvalue weighted by Gasteiger charge is 2.28. The molecule has 0 saturated carbocycles. The lowest BCUT2D eigenvalue weighted by molar-refractivity contribution is -0.00521. The number of aryl methyl sites for hydroxylation is 1. The maximum Gasteiger partial charge on any atom is 0.222 e. The van der Waals surface area contributed by atoms with Crippen molar-refractivity contribution >= 4 is 29.1 Å². The largest absolute Gasteiger partial charge is 0.379 e. The Labute approximate surface area is 183 Å². The zero-order chi connectivity index (χ0) is 21.3. The van der Waals surface area contributed by atoms with Gasteiger partial charge in [-0.1, -0.05) is 17.7 Å². The van der Waals surface area contributed by atoms with E-state index < -0.39 is 0 Å². The van der Waals surface area contributed by atoms with Crippen molar-refractivity contribution in [2.24, 2.45) is 0 Å². The van der Waals surface area contributed by atoms with Gasteiger partial charge < -0.3 is 25.0 Å². The average Bonchev–Trinajstić information content (AvgIpc) is 2.92. The first kappa shape index (κ1) is 21.2. The van der Waals surface area contributed by atoms with E-state index in [0.717, 1.165) is 53.8 Å². The van der Waals surface area contributed by atoms with Crippen LogP contribution in [0.4, 0.5) is 17.5 Å². The summed E-state index contributed by atoms with van der Waals surface area (Å²) in [6.07, 6.45) is 1.31. The molecule has 0 unspecified atom stereocenters. The molecule has 3 heterocycles. The van der Waals surface area contributed by atoms with Crippen LogP contribution in [-0.4, -0.2) is 55.0 Å². The number of hydrogen-bond acceptors (Lipinski definition) is 7. The fourth-order valence-electron chi connectivity index (χ4n) is 4.40. The summed E-state index contributed by atoms with van der Waals surface area (Å²) < 4.78 is 11.8. The number of nitrogens with two attached hydrogens (primary N) is 1. The standard InChI is InChI=1S/C22H30ClN5O2/c1-14-9-21(26-22(24)25-14)28-7-4-8-29-13-20(28)18-6-5-17(10-19(18)23)27-11-15(2)30-16(3)12-27/h5-6,9-10,15-16,20H,4,7-8,11-13H2,1-3H3,(H2,24,25,26)/t15-,16+,20-/m1/s1. The number of aromatic nitrogens is 2. The number of halogens is 1. The van der Waals surface area contributed by atoms with E-state index in [0.29, 0.717) is 13.2 Å². The topological polar surface area (TPSA) is 76.7 Å². The quantitative estimate of drug-likeness (QED) is 0.795. The third-order valence-corrected chi connectivity index (χ3v) is 5.95. The molecule has 3 atom stereocenters. The minimum atomic E-state index is -0.0368. The monoisotopic (exact) mass is 431 g/mol. The summed E-state index contributed by atoms with van der Waals surface area (Å²) in [5, 5.41) is 0.735. The van der Waals surface area contributed by atoms with Gasteiger partial charge in [0.2, 0.25) is 5.95 Å². The Morgan fingerprint density at radius 3 is 2.60 bits per heavy atom. The molecule has 2 N–H and O–H groups in total. The van der Waals surface area contributed by atoms with Gasteiger partial charge >= 0.3 is 0 Å². The normalized spacial score (nSPS) is 25.3. The van der Waals surface area contributed by atoms with Crippen LogP contribution in [0.15, 0.2) is 24.3 Å². The highest BCUT2D eigenvalue weighted by Crippen LogP contribution is 2.35. The maximum absolute atomic E-state index is 6.83. The molecule has 7 nitrogen and oxygen atoms in total. The Bertz CT molecular complexity index is 866. The van der Waals surface area contributed by atoms with E-state index in [1.165, 1.54) is 0 Å². The average molecular weight is 432 g/mol. The summed E-state index contributed by atoms with van der Waals surface area (Å²) in [6.45, 7) is 9.94. The number of ether oxygens (including phenoxy) is 2. The van der Waals surface area contributed by atoms with Crippen molar-refractivity contribution in [1.29, 1.82) is 0 Å². The van der Waals surface area contributed by atoms with Crippen LogP contribution in [0.25, 0.3) is 0 Å². The molecule has 0 radical (unpaired) electrons. The Morgan fingerprint density at radius 1 is 1.13 bits per heavy atom. The van der Waals surface area contributed by atoms with Gasteiger partial charge in [-0.15, -0.1) is 0 Å². The minimum absolute atomic E-state index is 0.0368. The molecule has 2 saturated heterocycles. The number of benzene rings is 1. The first-order valence-electron chi connectivity index (χ1n) is 10.6. The molecule has 1 aromatic heterocycles. The summed E-state index contributed by atoms with van der Waals surface area (Å²) in [5.74, 6) is 1.09. The molecule has 2 aromatic rings. The van der Waals surface area contributed by atoms with Crippen LogP contribution >= 0.6 is 11.6 Å². The molecular weight excluding hydrogens is 402 g/mol. The number of nitrogens with zero attached hydrogens (tertiary/aromatic N) is 4. The minimum Gasteiger partial charge on any atom is -0.379 e. The van der Waals surface area contributed by atoms with E-state index in [1.54, 1.807) is 0 Å². The lowest BCUT2D eigenvalue weighted by Crippen LogP contribution is -2.45. The van der Waals surface area contributed by atoms with Crippen molar-refractivity contribution in [3.8, 4) is 0 Å². The first-order valence-corrected chi connectivity index (χ1v) is 10.9. The number of anilines is 3. The number of rotatable bonds is 3. The molecule has 0 aliphatic carbocycles. The fraction of sp³-hybridized carbons (Fsp3) is 0.545. The molecule has 4 rings (SSSR count). The summed E-state index contributed by atoms with van der Waals surface area (Å²) in [4.78, 5) is 13.3. The number of nitrogen functional groups attached to an aromatic ring is 1. The lowest BCUT2D eigenvalue weighted by Gasteiger charge is -2.37. The van der Waals surface area contributed by atoms with Gasteiger partial charge in [0.15, 0.2) is 0 Å². The molecule has 162 valence electrons. The van der Waals surface area contributed by atoms with Crippen LogP contribution in [0.5, 0.6) is 0 Å². The second kappa shape index (κ2) is 8.96. The smallest absolute Gasteiger partial charge is 0.222 e. The molecule has 2 aliphatic rings. The second-order valence-corrected chi connectivity index (χ2v) is 8.64. The lowest BCUT2D eigenvalue weighted by atomic mass is 10.0. The SMILES string of the molecule is Cc1cc(N2CCCOC[C@@H]2c2ccc(N3C[C@@H](C)O[C@@H](C)C3)cc2Cl)nc(N)n1. The van der Waals surface area contributed by atoms with Crippen molar-refractivity contribution in [2.45, 2.75) is 45.4 Å². The number of hydrogen-bond donors (Lipinski definition) is 1. The summed E-state index contributed by atoms with van der Waals surface area (Å²) >= 11 is 6.83. The zero-order valence-corrected chi connectivity index (χ0v) is 18.6. The van der Waals surface area contributed by atoms with Gasteiger partial charge in [0.1, 0.15) is 5.82 Å². The van der Waals surface area contributed by atoms with Crippen molar-refractivity contribution in [2.75, 3.05) is 48.4 Å². The predicted octanol–water partition coefficient (Wildman–Crippen LogP) is 3.60. The molecule has 0 amide bonds. The summed E-state index contributed by atoms with van der Waals surface area (Å²) in [5.41, 5.74) is 8.92. The van der Waals surface area contributed by atoms with E-state index in [4.69, 9.17) is 26.8 Å². The zero-order valence-electron chi connectivity index (χ0n) is 17.8. The Morgan fingerprint density at radius 2 is 1.90 bits per heavy atom. The molecule has 0 bridgehead atoms. The van der Waals surface area contributed by atoms with Gasteiger partial charge in [-0.25, -0.2) is 4.98 Å². The fourth-order valence-corrected chi connectivity index (χ4v) is 4.70. The third-order valence-electron chi connectivity index (χ3n) is 5.62. The Balaban J connectivity index is 1.64. The van der Waals surface area contributed by atoms with Crippen molar-refractivity contribution < 1.29 is 9.47 Å². The number of morpholine rings is 1. The van der Waals surface area contributed by atoms with E-state index in [2.05, 4.69) is 51.8 Å². The van der Waals surface area contributed by atoms with Crippen molar-refractivity contribution in [1.82, 2.24) is 9.97 Å². The Hall–Kier alpha value is -2.09. The van der Waals surface area contributed by atoms with Gasteiger partial charge in [-0.2, -0.15) is 4.98 Å². The van der Waals surface area contributed by atoms with E-state index in [1.807, 2.05) is 13.0 Å². The van der Waals surface area contributed by atoms with Crippen LogP contribution in [0.1, 0.15) is 37.6 Å². The Kier molecular flexibility index (Phi) is 6.32. The predicted molar refractivity (Wildman–Crippen MR) is 120 cm³/mol. The second-order valence-electron chi connectivity index (χ2n) is 8.23. The molecule has 8 heteroatoms. The van der Waals surface area contributed by atoms with Crippen LogP contribution < -0.4 is 15.5 Å². The first-order chi connectivity index (χ1) is 14.4. The van der Waals surface area contributed by atoms with Gasteiger partial charge in [-0.05, 0) is 44.9 Å². The van der Waals surface area contributed by atoms with Crippen molar-refractivity contribution in [3.63, 3.8) is 0 Å². The van der Waals surface area contributed by atoms with Gasteiger partial charge in [0.05, 0.1) is 24.9 Å². The molecule has 0 spiro atoms. The summed E-state index contributed by atoms with van der Waals surface area (Å²) in [7, 11) is 0. The third kappa shape index (κ3) is 4.63. The molecule has 30 heavy (non-hydrogen) atoms. The maximum atomic E-state index is 6.83. The van der Waals surface area contributed by atoms with Crippen LogP contribution in [-0.2, 0) is 9.47 Å². The van der Waals surface area contributed by atoms with Gasteiger partial charge in [0, 0.05) is 48.7 Å². The molecular formula is C22H30ClN5O2.